The molecular weight excluding hydrogens is 320 g/mol. The van der Waals surface area contributed by atoms with Gasteiger partial charge in [-0.05, 0) is 0 Å². The molecule has 0 aromatic heterocycles. The van der Waals surface area contributed by atoms with Crippen LogP contribution in [0, 0.1) is 24.1 Å². The van der Waals surface area contributed by atoms with Crippen molar-refractivity contribution in [2.45, 2.75) is 17.8 Å². The van der Waals surface area contributed by atoms with Crippen molar-refractivity contribution in [3.05, 3.63) is 0 Å². The van der Waals surface area contributed by atoms with Gasteiger partial charge in [0.2, 0.25) is 0 Å². The molecule has 0 unspecified atom stereocenters. The number of hydrogen-bond acceptors (Lipinski definition) is 8. The van der Waals surface area contributed by atoms with Crippen molar-refractivity contribution >= 4 is 30.1 Å². The van der Waals surface area contributed by atoms with Gasteiger partial charge in [0, 0.05) is 20.1 Å². The van der Waals surface area contributed by atoms with E-state index in [1.165, 1.54) is 13.8 Å². The van der Waals surface area contributed by atoms with Crippen LogP contribution in [0.2, 0.25) is 0 Å². The minimum atomic E-state index is -5.07. The van der Waals surface area contributed by atoms with E-state index in [1.54, 1.807) is 12.2 Å². The minimum absolute atomic E-state index is 0.401. The molecule has 8 nitrogen and oxygen atoms in total. The normalized spacial score (nSPS) is 11.8. The first kappa shape index (κ1) is 17.6. The minimum Gasteiger partial charge on any atom is -0.326 e. The molecule has 0 aliphatic heterocycles. The second kappa shape index (κ2) is 6.14. The van der Waals surface area contributed by atoms with E-state index in [2.05, 4.69) is 8.37 Å². The lowest BCUT2D eigenvalue weighted by atomic mass is 10.8. The summed E-state index contributed by atoms with van der Waals surface area (Å²) in [6, 6.07) is 0. The van der Waals surface area contributed by atoms with E-state index in [1.807, 2.05) is 11.8 Å². The zero-order chi connectivity index (χ0) is 15.3. The van der Waals surface area contributed by atoms with Crippen molar-refractivity contribution in [1.82, 2.24) is 0 Å². The van der Waals surface area contributed by atoms with Gasteiger partial charge in [0.15, 0.2) is 9.84 Å². The van der Waals surface area contributed by atoms with E-state index in [0.29, 0.717) is 6.26 Å². The molecule has 0 aromatic rings. The topological polar surface area (TPSA) is 121 Å². The molecule has 0 aliphatic carbocycles. The van der Waals surface area contributed by atoms with Crippen molar-refractivity contribution in [1.29, 1.82) is 0 Å². The predicted molar refractivity (Wildman–Crippen MR) is 65.5 cm³/mol. The van der Waals surface area contributed by atoms with Crippen LogP contribution in [0.4, 0.5) is 0 Å². The summed E-state index contributed by atoms with van der Waals surface area (Å²) in [6.45, 7) is 2.41. The maximum Gasteiger partial charge on any atom is 0.353 e. The molecule has 0 saturated carbocycles. The van der Waals surface area contributed by atoms with Gasteiger partial charge < -0.3 is 8.37 Å². The quantitative estimate of drug-likeness (QED) is 0.463. The highest BCUT2D eigenvalue weighted by Crippen LogP contribution is 2.19. The Labute approximate surface area is 112 Å². The first-order valence-electron chi connectivity index (χ1n) is 4.36. The number of rotatable bonds is 5. The molecule has 19 heavy (non-hydrogen) atoms. The Kier molecular flexibility index (Phi) is 5.68. The monoisotopic (exact) mass is 330 g/mol. The highest BCUT2D eigenvalue weighted by Gasteiger charge is 2.49. The lowest BCUT2D eigenvalue weighted by Gasteiger charge is -2.12. The summed E-state index contributed by atoms with van der Waals surface area (Å²) < 4.78 is 73.8. The summed E-state index contributed by atoms with van der Waals surface area (Å²) in [5.74, 6) is 4.03. The largest absolute Gasteiger partial charge is 0.353 e. The van der Waals surface area contributed by atoms with Crippen LogP contribution in [0.3, 0.4) is 0 Å². The van der Waals surface area contributed by atoms with E-state index in [4.69, 9.17) is 0 Å². The molecule has 11 heteroatoms. The van der Waals surface area contributed by atoms with Crippen LogP contribution in [-0.2, 0) is 38.4 Å². The van der Waals surface area contributed by atoms with Gasteiger partial charge in [-0.25, -0.2) is 8.42 Å². The van der Waals surface area contributed by atoms with Crippen LogP contribution in [-0.4, -0.2) is 35.4 Å². The fraction of sp³-hybridized carbons (Fsp3) is 0.500. The fourth-order valence-corrected chi connectivity index (χ4v) is 6.46. The molecule has 0 spiro atoms. The lowest BCUT2D eigenvalue weighted by Crippen LogP contribution is -2.38. The Balaban J connectivity index is 5.99. The van der Waals surface area contributed by atoms with E-state index < -0.39 is 34.0 Å². The molecule has 0 radical (unpaired) electrons. The molecule has 108 valence electrons. The van der Waals surface area contributed by atoms with Gasteiger partial charge in [0.1, 0.15) is 12.2 Å². The van der Waals surface area contributed by atoms with E-state index in [0.717, 1.165) is 0 Å². The van der Waals surface area contributed by atoms with Gasteiger partial charge >= 0.3 is 24.2 Å². The van der Waals surface area contributed by atoms with Gasteiger partial charge in [0.25, 0.3) is 0 Å². The highest BCUT2D eigenvalue weighted by molar-refractivity contribution is 8.21. The SMILES string of the molecule is CC#COS(=O)(=O)C(S(C)(=O)=O)S(=O)(=O)OC#CC. The van der Waals surface area contributed by atoms with Crippen LogP contribution in [0.5, 0.6) is 0 Å². The third-order valence-corrected chi connectivity index (χ3v) is 8.54. The van der Waals surface area contributed by atoms with E-state index >= 15 is 0 Å². The fourth-order valence-electron chi connectivity index (χ4n) is 0.851. The average Bonchev–Trinajstić information content (AvgIpc) is 2.20. The Morgan fingerprint density at radius 1 is 0.789 bits per heavy atom. The summed E-state index contributed by atoms with van der Waals surface area (Å²) in [7, 11) is -14.7. The summed E-state index contributed by atoms with van der Waals surface area (Å²) in [4.78, 5) is 0. The summed E-state index contributed by atoms with van der Waals surface area (Å²) in [6.07, 6.45) is 3.62. The molecule has 0 amide bonds. The highest BCUT2D eigenvalue weighted by atomic mass is 32.3. The third kappa shape index (κ3) is 4.98. The molecule has 0 heterocycles. The van der Waals surface area contributed by atoms with Gasteiger partial charge in [-0.1, -0.05) is 11.8 Å². The Bertz CT molecular complexity index is 697. The van der Waals surface area contributed by atoms with Crippen LogP contribution >= 0.6 is 0 Å². The molecule has 0 saturated heterocycles. The Morgan fingerprint density at radius 2 is 1.11 bits per heavy atom. The maximum atomic E-state index is 11.5. The first-order valence-corrected chi connectivity index (χ1v) is 9.25. The van der Waals surface area contributed by atoms with Gasteiger partial charge in [0.05, 0.1) is 0 Å². The molecule has 0 fully saturated rings. The van der Waals surface area contributed by atoms with Gasteiger partial charge in [-0.15, -0.1) is 0 Å². The van der Waals surface area contributed by atoms with Crippen LogP contribution in [0.25, 0.3) is 0 Å². The van der Waals surface area contributed by atoms with Crippen molar-refractivity contribution in [2.75, 3.05) is 6.26 Å². The lowest BCUT2D eigenvalue weighted by molar-refractivity contribution is 0.447. The van der Waals surface area contributed by atoms with Crippen molar-refractivity contribution in [2.24, 2.45) is 0 Å². The Morgan fingerprint density at radius 3 is 1.32 bits per heavy atom. The maximum absolute atomic E-state index is 11.5. The first-order chi connectivity index (χ1) is 8.49. The molecule has 0 N–H and O–H groups in total. The standard InChI is InChI=1S/C8H10O8S3/c1-4-6-15-18(11,12)8(17(3,9)10)19(13,14)16-7-5-2/h8H,1-3H3. The zero-order valence-corrected chi connectivity index (χ0v) is 12.5. The second-order valence-electron chi connectivity index (χ2n) is 2.97. The Hall–Kier alpha value is -1.43. The second-order valence-corrected chi connectivity index (χ2v) is 9.25. The van der Waals surface area contributed by atoms with Crippen LogP contribution in [0.15, 0.2) is 0 Å². The molecule has 0 rings (SSSR count). The summed E-state index contributed by atoms with van der Waals surface area (Å²) in [5, 5.41) is 0. The zero-order valence-electron chi connectivity index (χ0n) is 10.1. The van der Waals surface area contributed by atoms with Gasteiger partial charge in [-0.2, -0.15) is 16.8 Å². The summed E-state index contributed by atoms with van der Waals surface area (Å²) >= 11 is 0. The number of sulfone groups is 1. The molecule has 0 atom stereocenters. The van der Waals surface area contributed by atoms with Crippen LogP contribution in [0.1, 0.15) is 13.8 Å². The molecule has 0 aliphatic rings. The average molecular weight is 330 g/mol. The molecule has 0 aromatic carbocycles. The summed E-state index contributed by atoms with van der Waals surface area (Å²) in [5.41, 5.74) is 0. The molecule has 0 bridgehead atoms. The van der Waals surface area contributed by atoms with Crippen molar-refractivity contribution in [3.63, 3.8) is 0 Å². The molecular formula is C8H10O8S3. The predicted octanol–water partition coefficient (Wildman–Crippen LogP) is -1.03. The van der Waals surface area contributed by atoms with Crippen LogP contribution < -0.4 is 0 Å². The van der Waals surface area contributed by atoms with E-state index in [9.17, 15) is 25.3 Å². The number of hydrogen-bond donors (Lipinski definition) is 0. The van der Waals surface area contributed by atoms with Crippen molar-refractivity contribution < 1.29 is 33.6 Å². The van der Waals surface area contributed by atoms with Gasteiger partial charge in [-0.3, -0.25) is 0 Å². The van der Waals surface area contributed by atoms with Crippen molar-refractivity contribution in [3.8, 4) is 24.1 Å². The third-order valence-electron chi connectivity index (χ3n) is 1.34. The van der Waals surface area contributed by atoms with E-state index in [-0.39, 0.29) is 0 Å². The smallest absolute Gasteiger partial charge is 0.326 e.